The second kappa shape index (κ2) is 4.96. The van der Waals surface area contributed by atoms with Gasteiger partial charge in [-0.15, -0.1) is 0 Å². The second-order valence-corrected chi connectivity index (χ2v) is 3.59. The van der Waals surface area contributed by atoms with Crippen molar-refractivity contribution in [3.05, 3.63) is 23.4 Å². The third-order valence-corrected chi connectivity index (χ3v) is 2.52. The summed E-state index contributed by atoms with van der Waals surface area (Å²) in [6.45, 7) is 4.00. The predicted octanol–water partition coefficient (Wildman–Crippen LogP) is 1.68. The van der Waals surface area contributed by atoms with E-state index >= 15 is 0 Å². The highest BCUT2D eigenvalue weighted by Gasteiger charge is 2.07. The topological polar surface area (TPSA) is 59.1 Å². The molecule has 0 aliphatic heterocycles. The molecule has 0 amide bonds. The van der Waals surface area contributed by atoms with Crippen LogP contribution in [0.3, 0.4) is 0 Å². The molecule has 0 aliphatic rings. The number of aryl methyl sites for hydroxylation is 1. The molecule has 3 heteroatoms. The molecule has 0 fully saturated rings. The van der Waals surface area contributed by atoms with Crippen molar-refractivity contribution >= 4 is 5.82 Å². The van der Waals surface area contributed by atoms with Crippen LogP contribution < -0.4 is 5.73 Å². The number of nitrogens with zero attached hydrogens (tertiary/aromatic N) is 1. The van der Waals surface area contributed by atoms with Gasteiger partial charge in [0.2, 0.25) is 0 Å². The molecule has 78 valence electrons. The highest BCUT2D eigenvalue weighted by atomic mass is 16.3. The number of nitrogen functional groups attached to an aromatic ring is 1. The molecule has 0 saturated carbocycles. The zero-order valence-electron chi connectivity index (χ0n) is 8.83. The molecule has 3 N–H and O–H groups in total. The van der Waals surface area contributed by atoms with Gasteiger partial charge in [0.05, 0.1) is 6.10 Å². The summed E-state index contributed by atoms with van der Waals surface area (Å²) < 4.78 is 0. The molecule has 0 spiro atoms. The third kappa shape index (κ3) is 2.70. The quantitative estimate of drug-likeness (QED) is 0.766. The van der Waals surface area contributed by atoms with Crippen molar-refractivity contribution < 1.29 is 5.11 Å². The molecule has 0 saturated heterocycles. The molecular weight excluding hydrogens is 176 g/mol. The first kappa shape index (κ1) is 11.0. The van der Waals surface area contributed by atoms with E-state index < -0.39 is 0 Å². The molecule has 1 aromatic rings. The van der Waals surface area contributed by atoms with E-state index in [9.17, 15) is 5.11 Å². The van der Waals surface area contributed by atoms with Crippen LogP contribution in [0.15, 0.2) is 12.3 Å². The van der Waals surface area contributed by atoms with E-state index in [0.29, 0.717) is 5.82 Å². The molecule has 1 atom stereocenters. The summed E-state index contributed by atoms with van der Waals surface area (Å²) in [5.74, 6) is 0.591. The minimum absolute atomic E-state index is 0.228. The van der Waals surface area contributed by atoms with Gasteiger partial charge in [0.1, 0.15) is 5.82 Å². The number of anilines is 1. The van der Waals surface area contributed by atoms with Crippen LogP contribution in [0, 0.1) is 6.92 Å². The first-order valence-electron chi connectivity index (χ1n) is 5.03. The lowest BCUT2D eigenvalue weighted by molar-refractivity contribution is 0.160. The van der Waals surface area contributed by atoms with Crippen molar-refractivity contribution in [2.45, 2.75) is 39.2 Å². The first-order valence-corrected chi connectivity index (χ1v) is 5.03. The van der Waals surface area contributed by atoms with Gasteiger partial charge in [-0.05, 0) is 43.4 Å². The summed E-state index contributed by atoms with van der Waals surface area (Å²) in [6.07, 6.45) is 3.84. The summed E-state index contributed by atoms with van der Waals surface area (Å²) in [5.41, 5.74) is 7.98. The average molecular weight is 194 g/mol. The van der Waals surface area contributed by atoms with Gasteiger partial charge in [-0.3, -0.25) is 0 Å². The lowest BCUT2D eigenvalue weighted by Gasteiger charge is -2.10. The van der Waals surface area contributed by atoms with Gasteiger partial charge in [-0.25, -0.2) is 4.98 Å². The molecule has 1 aromatic heterocycles. The van der Waals surface area contributed by atoms with Gasteiger partial charge in [-0.1, -0.05) is 6.92 Å². The Morgan fingerprint density at radius 2 is 2.29 bits per heavy atom. The minimum Gasteiger partial charge on any atom is -0.393 e. The summed E-state index contributed by atoms with van der Waals surface area (Å²) in [7, 11) is 0. The zero-order valence-corrected chi connectivity index (χ0v) is 8.83. The Kier molecular flexibility index (Phi) is 3.89. The maximum atomic E-state index is 9.44. The third-order valence-electron chi connectivity index (χ3n) is 2.52. The van der Waals surface area contributed by atoms with Crippen molar-refractivity contribution in [2.75, 3.05) is 5.73 Å². The normalized spacial score (nSPS) is 12.8. The molecule has 0 bridgehead atoms. The van der Waals surface area contributed by atoms with Gasteiger partial charge in [0.25, 0.3) is 0 Å². The maximum Gasteiger partial charge on any atom is 0.126 e. The fourth-order valence-electron chi connectivity index (χ4n) is 1.45. The Labute approximate surface area is 85.0 Å². The number of hydrogen-bond acceptors (Lipinski definition) is 3. The van der Waals surface area contributed by atoms with E-state index in [1.54, 1.807) is 6.20 Å². The van der Waals surface area contributed by atoms with Crippen LogP contribution in [-0.2, 0) is 6.42 Å². The van der Waals surface area contributed by atoms with Crippen LogP contribution in [0.25, 0.3) is 0 Å². The van der Waals surface area contributed by atoms with Crippen LogP contribution in [0.5, 0.6) is 0 Å². The first-order chi connectivity index (χ1) is 6.65. The van der Waals surface area contributed by atoms with Crippen LogP contribution in [-0.4, -0.2) is 16.2 Å². The van der Waals surface area contributed by atoms with Gasteiger partial charge >= 0.3 is 0 Å². The molecule has 0 aliphatic carbocycles. The molecule has 3 nitrogen and oxygen atoms in total. The predicted molar refractivity (Wildman–Crippen MR) is 58.0 cm³/mol. The Morgan fingerprint density at radius 3 is 2.86 bits per heavy atom. The van der Waals surface area contributed by atoms with Crippen molar-refractivity contribution in [3.63, 3.8) is 0 Å². The number of pyridine rings is 1. The molecular formula is C11H18N2O. The average Bonchev–Trinajstić information content (AvgIpc) is 2.16. The monoisotopic (exact) mass is 194 g/mol. The van der Waals surface area contributed by atoms with Crippen molar-refractivity contribution in [1.29, 1.82) is 0 Å². The molecule has 1 rings (SSSR count). The molecule has 0 radical (unpaired) electrons. The van der Waals surface area contributed by atoms with Gasteiger partial charge in [0, 0.05) is 6.20 Å². The Hall–Kier alpha value is -1.09. The Morgan fingerprint density at radius 1 is 1.57 bits per heavy atom. The number of aliphatic hydroxyl groups excluding tert-OH is 1. The number of hydrogen-bond donors (Lipinski definition) is 2. The van der Waals surface area contributed by atoms with E-state index in [1.165, 1.54) is 0 Å². The van der Waals surface area contributed by atoms with Crippen molar-refractivity contribution in [2.24, 2.45) is 0 Å². The number of aliphatic hydroxyl groups is 1. The fourth-order valence-corrected chi connectivity index (χ4v) is 1.45. The van der Waals surface area contributed by atoms with E-state index in [0.717, 1.165) is 30.4 Å². The highest BCUT2D eigenvalue weighted by molar-refractivity contribution is 5.43. The highest BCUT2D eigenvalue weighted by Crippen LogP contribution is 2.16. The summed E-state index contributed by atoms with van der Waals surface area (Å²) >= 11 is 0. The molecule has 1 unspecified atom stereocenters. The lowest BCUT2D eigenvalue weighted by atomic mass is 10.0. The Bertz CT molecular complexity index is 279. The van der Waals surface area contributed by atoms with Gasteiger partial charge in [0.15, 0.2) is 0 Å². The standard InChI is InChI=1S/C11H18N2O/c1-3-9(14)4-5-10-8(2)6-7-13-11(10)12/h6-7,9,14H,3-5H2,1-2H3,(H2,12,13). The smallest absolute Gasteiger partial charge is 0.126 e. The second-order valence-electron chi connectivity index (χ2n) is 3.59. The van der Waals surface area contributed by atoms with E-state index in [1.807, 2.05) is 19.9 Å². The van der Waals surface area contributed by atoms with E-state index in [-0.39, 0.29) is 6.10 Å². The fraction of sp³-hybridized carbons (Fsp3) is 0.545. The summed E-state index contributed by atoms with van der Waals surface area (Å²) in [4.78, 5) is 4.04. The largest absolute Gasteiger partial charge is 0.393 e. The number of aromatic nitrogens is 1. The zero-order chi connectivity index (χ0) is 10.6. The Balaban J connectivity index is 2.66. The van der Waals surface area contributed by atoms with Crippen molar-refractivity contribution in [1.82, 2.24) is 4.98 Å². The van der Waals surface area contributed by atoms with Gasteiger partial charge in [-0.2, -0.15) is 0 Å². The SMILES string of the molecule is CCC(O)CCc1c(C)ccnc1N. The van der Waals surface area contributed by atoms with E-state index in [2.05, 4.69) is 4.98 Å². The maximum absolute atomic E-state index is 9.44. The molecule has 1 heterocycles. The van der Waals surface area contributed by atoms with Crippen LogP contribution >= 0.6 is 0 Å². The summed E-state index contributed by atoms with van der Waals surface area (Å²) in [6, 6.07) is 1.95. The van der Waals surface area contributed by atoms with Crippen molar-refractivity contribution in [3.8, 4) is 0 Å². The number of rotatable bonds is 4. The summed E-state index contributed by atoms with van der Waals surface area (Å²) in [5, 5.41) is 9.44. The molecule has 0 aromatic carbocycles. The number of nitrogens with two attached hydrogens (primary N) is 1. The lowest BCUT2D eigenvalue weighted by Crippen LogP contribution is -2.08. The van der Waals surface area contributed by atoms with Crippen LogP contribution in [0.2, 0.25) is 0 Å². The van der Waals surface area contributed by atoms with E-state index in [4.69, 9.17) is 5.73 Å². The van der Waals surface area contributed by atoms with Crippen LogP contribution in [0.1, 0.15) is 30.9 Å². The molecule has 14 heavy (non-hydrogen) atoms. The van der Waals surface area contributed by atoms with Gasteiger partial charge < -0.3 is 10.8 Å². The van der Waals surface area contributed by atoms with Crippen LogP contribution in [0.4, 0.5) is 5.82 Å². The minimum atomic E-state index is -0.228.